The van der Waals surface area contributed by atoms with Crippen molar-refractivity contribution in [3.63, 3.8) is 0 Å². The average Bonchev–Trinajstić information content (AvgIpc) is 3.09. The zero-order valence-electron chi connectivity index (χ0n) is 15.7. The highest BCUT2D eigenvalue weighted by Gasteiger charge is 2.19. The fourth-order valence-electron chi connectivity index (χ4n) is 2.58. The summed E-state index contributed by atoms with van der Waals surface area (Å²) >= 11 is 7.31. The van der Waals surface area contributed by atoms with E-state index in [-0.39, 0.29) is 11.2 Å². The highest BCUT2D eigenvalue weighted by Crippen LogP contribution is 2.24. The number of carbonyl (C=O) groups excluding carboxylic acids is 1. The van der Waals surface area contributed by atoms with Crippen LogP contribution in [0, 0.1) is 0 Å². The summed E-state index contributed by atoms with van der Waals surface area (Å²) in [6, 6.07) is 16.9. The first-order chi connectivity index (χ1) is 13.6. The molecule has 6 nitrogen and oxygen atoms in total. The summed E-state index contributed by atoms with van der Waals surface area (Å²) in [4.78, 5) is 12.4. The standard InChI is InChI=1S/C20H22ClN5OS/c1-3-26-18(13-22-16-11-9-15(21)10-12-16)24-25-20(26)28-14(2)19(27)23-17-7-5-4-6-8-17/h4-12,14,22H,3,13H2,1-2H3,(H,23,27)/t14-/m1/s1. The van der Waals surface area contributed by atoms with Gasteiger partial charge in [-0.05, 0) is 50.2 Å². The molecule has 0 spiro atoms. The van der Waals surface area contributed by atoms with Gasteiger partial charge in [0.2, 0.25) is 5.91 Å². The van der Waals surface area contributed by atoms with Crippen LogP contribution in [-0.4, -0.2) is 25.9 Å². The number of anilines is 2. The van der Waals surface area contributed by atoms with Gasteiger partial charge in [0, 0.05) is 22.9 Å². The monoisotopic (exact) mass is 415 g/mol. The van der Waals surface area contributed by atoms with E-state index in [9.17, 15) is 4.79 Å². The predicted molar refractivity (Wildman–Crippen MR) is 115 cm³/mol. The Morgan fingerprint density at radius 3 is 2.50 bits per heavy atom. The minimum absolute atomic E-state index is 0.0670. The third-order valence-corrected chi connectivity index (χ3v) is 5.43. The van der Waals surface area contributed by atoms with E-state index >= 15 is 0 Å². The number of halogens is 1. The highest BCUT2D eigenvalue weighted by molar-refractivity contribution is 8.00. The molecule has 0 aliphatic carbocycles. The second-order valence-corrected chi connectivity index (χ2v) is 7.86. The van der Waals surface area contributed by atoms with Crippen molar-refractivity contribution in [1.29, 1.82) is 0 Å². The van der Waals surface area contributed by atoms with Crippen LogP contribution in [0.5, 0.6) is 0 Å². The molecule has 0 aliphatic rings. The molecule has 28 heavy (non-hydrogen) atoms. The molecular formula is C20H22ClN5OS. The van der Waals surface area contributed by atoms with Crippen molar-refractivity contribution >= 4 is 40.6 Å². The molecule has 0 saturated heterocycles. The molecule has 0 fully saturated rings. The molecule has 1 atom stereocenters. The van der Waals surface area contributed by atoms with Gasteiger partial charge < -0.3 is 15.2 Å². The molecular weight excluding hydrogens is 394 g/mol. The van der Waals surface area contributed by atoms with E-state index in [1.165, 1.54) is 11.8 Å². The van der Waals surface area contributed by atoms with Crippen LogP contribution in [0.3, 0.4) is 0 Å². The summed E-state index contributed by atoms with van der Waals surface area (Å²) in [7, 11) is 0. The Bertz CT molecular complexity index is 914. The lowest BCUT2D eigenvalue weighted by Crippen LogP contribution is -2.23. The number of nitrogens with zero attached hydrogens (tertiary/aromatic N) is 3. The molecule has 3 rings (SSSR count). The lowest BCUT2D eigenvalue weighted by atomic mass is 10.3. The maximum Gasteiger partial charge on any atom is 0.237 e. The van der Waals surface area contributed by atoms with E-state index < -0.39 is 0 Å². The Morgan fingerprint density at radius 2 is 1.82 bits per heavy atom. The molecule has 3 aromatic rings. The van der Waals surface area contributed by atoms with Crippen LogP contribution >= 0.6 is 23.4 Å². The zero-order valence-corrected chi connectivity index (χ0v) is 17.3. The Balaban J connectivity index is 1.62. The SMILES string of the molecule is CCn1c(CNc2ccc(Cl)cc2)nnc1S[C@H](C)C(=O)Nc1ccccc1. The van der Waals surface area contributed by atoms with Crippen LogP contribution in [0.2, 0.25) is 5.02 Å². The summed E-state index contributed by atoms with van der Waals surface area (Å²) in [6.45, 7) is 5.16. The maximum absolute atomic E-state index is 12.4. The molecule has 2 N–H and O–H groups in total. The Labute approximate surface area is 173 Å². The molecule has 0 saturated carbocycles. The van der Waals surface area contributed by atoms with E-state index in [0.29, 0.717) is 11.6 Å². The quantitative estimate of drug-likeness (QED) is 0.522. The van der Waals surface area contributed by atoms with Gasteiger partial charge in [-0.2, -0.15) is 0 Å². The van der Waals surface area contributed by atoms with Gasteiger partial charge in [0.25, 0.3) is 0 Å². The van der Waals surface area contributed by atoms with Crippen LogP contribution in [0.4, 0.5) is 11.4 Å². The normalized spacial score (nSPS) is 11.8. The van der Waals surface area contributed by atoms with E-state index in [2.05, 4.69) is 20.8 Å². The minimum atomic E-state index is -0.299. The van der Waals surface area contributed by atoms with Crippen LogP contribution < -0.4 is 10.6 Å². The van der Waals surface area contributed by atoms with Crippen molar-refractivity contribution in [3.05, 3.63) is 65.4 Å². The molecule has 8 heteroatoms. The number of hydrogen-bond donors (Lipinski definition) is 2. The molecule has 0 aliphatic heterocycles. The molecule has 0 bridgehead atoms. The molecule has 0 radical (unpaired) electrons. The number of nitrogens with one attached hydrogen (secondary N) is 2. The van der Waals surface area contributed by atoms with Crippen LogP contribution in [0.25, 0.3) is 0 Å². The van der Waals surface area contributed by atoms with Gasteiger partial charge in [-0.15, -0.1) is 10.2 Å². The number of carbonyl (C=O) groups is 1. The van der Waals surface area contributed by atoms with Crippen molar-refractivity contribution in [2.75, 3.05) is 10.6 Å². The molecule has 0 unspecified atom stereocenters. The first-order valence-electron chi connectivity index (χ1n) is 9.01. The average molecular weight is 416 g/mol. The third-order valence-electron chi connectivity index (χ3n) is 4.10. The topological polar surface area (TPSA) is 71.8 Å². The number of hydrogen-bond acceptors (Lipinski definition) is 5. The summed E-state index contributed by atoms with van der Waals surface area (Å²) < 4.78 is 2.01. The van der Waals surface area contributed by atoms with Crippen molar-refractivity contribution in [2.24, 2.45) is 0 Å². The van der Waals surface area contributed by atoms with Crippen LogP contribution in [-0.2, 0) is 17.9 Å². The van der Waals surface area contributed by atoms with E-state index in [4.69, 9.17) is 11.6 Å². The fraction of sp³-hybridized carbons (Fsp3) is 0.250. The number of benzene rings is 2. The lowest BCUT2D eigenvalue weighted by molar-refractivity contribution is -0.115. The predicted octanol–water partition coefficient (Wildman–Crippen LogP) is 4.68. The van der Waals surface area contributed by atoms with Gasteiger partial charge in [-0.25, -0.2) is 0 Å². The van der Waals surface area contributed by atoms with Gasteiger partial charge in [0.15, 0.2) is 11.0 Å². The van der Waals surface area contributed by atoms with Gasteiger partial charge in [-0.1, -0.05) is 41.6 Å². The molecule has 2 aromatic carbocycles. The first-order valence-corrected chi connectivity index (χ1v) is 10.3. The molecule has 1 aromatic heterocycles. The largest absolute Gasteiger partial charge is 0.378 e. The van der Waals surface area contributed by atoms with E-state index in [0.717, 1.165) is 28.9 Å². The lowest BCUT2D eigenvalue weighted by Gasteiger charge is -2.13. The van der Waals surface area contributed by atoms with Gasteiger partial charge in [0.05, 0.1) is 11.8 Å². The highest BCUT2D eigenvalue weighted by atomic mass is 35.5. The van der Waals surface area contributed by atoms with Crippen molar-refractivity contribution in [1.82, 2.24) is 14.8 Å². The van der Waals surface area contributed by atoms with Gasteiger partial charge in [0.1, 0.15) is 0 Å². The fourth-order valence-corrected chi connectivity index (χ4v) is 3.64. The summed E-state index contributed by atoms with van der Waals surface area (Å²) in [6.07, 6.45) is 0. The summed E-state index contributed by atoms with van der Waals surface area (Å²) in [5, 5.41) is 15.9. The molecule has 1 heterocycles. The summed E-state index contributed by atoms with van der Waals surface area (Å²) in [5.41, 5.74) is 1.74. The number of thioether (sulfide) groups is 1. The van der Waals surface area contributed by atoms with Crippen LogP contribution in [0.15, 0.2) is 59.8 Å². The van der Waals surface area contributed by atoms with Crippen molar-refractivity contribution in [3.8, 4) is 0 Å². The first kappa shape index (κ1) is 20.2. The second kappa shape index (κ2) is 9.61. The van der Waals surface area contributed by atoms with Gasteiger partial charge in [-0.3, -0.25) is 4.79 Å². The Morgan fingerprint density at radius 1 is 1.11 bits per heavy atom. The molecule has 146 valence electrons. The van der Waals surface area contributed by atoms with Crippen LogP contribution in [0.1, 0.15) is 19.7 Å². The number of aromatic nitrogens is 3. The van der Waals surface area contributed by atoms with Crippen molar-refractivity contribution in [2.45, 2.75) is 37.3 Å². The maximum atomic E-state index is 12.4. The molecule has 1 amide bonds. The van der Waals surface area contributed by atoms with E-state index in [1.807, 2.05) is 73.0 Å². The number of para-hydroxylation sites is 1. The van der Waals surface area contributed by atoms with Gasteiger partial charge >= 0.3 is 0 Å². The number of amides is 1. The van der Waals surface area contributed by atoms with E-state index in [1.54, 1.807) is 0 Å². The van der Waals surface area contributed by atoms with Crippen molar-refractivity contribution < 1.29 is 4.79 Å². The smallest absolute Gasteiger partial charge is 0.237 e. The Hall–Kier alpha value is -2.51. The third kappa shape index (κ3) is 5.27. The Kier molecular flexibility index (Phi) is 6.95. The number of rotatable bonds is 8. The second-order valence-electron chi connectivity index (χ2n) is 6.12. The zero-order chi connectivity index (χ0) is 19.9. The summed E-state index contributed by atoms with van der Waals surface area (Å²) in [5.74, 6) is 0.748. The minimum Gasteiger partial charge on any atom is -0.378 e.